The highest BCUT2D eigenvalue weighted by Gasteiger charge is 2.24. The molecule has 3 aromatic rings. The van der Waals surface area contributed by atoms with E-state index < -0.39 is 0 Å². The minimum atomic E-state index is 0.0712. The van der Waals surface area contributed by atoms with E-state index in [1.807, 2.05) is 48.2 Å². The maximum absolute atomic E-state index is 12.8. The van der Waals surface area contributed by atoms with Gasteiger partial charge in [0.2, 0.25) is 0 Å². The van der Waals surface area contributed by atoms with Crippen LogP contribution in [0.3, 0.4) is 0 Å². The van der Waals surface area contributed by atoms with Crippen molar-refractivity contribution in [2.24, 2.45) is 0 Å². The van der Waals surface area contributed by atoms with Gasteiger partial charge < -0.3 is 20.1 Å². The van der Waals surface area contributed by atoms with Crippen molar-refractivity contribution in [1.82, 2.24) is 24.8 Å². The molecule has 0 unspecified atom stereocenters. The summed E-state index contributed by atoms with van der Waals surface area (Å²) in [6, 6.07) is 7.84. The molecule has 140 valence electrons. The second-order valence-corrected chi connectivity index (χ2v) is 7.00. The quantitative estimate of drug-likeness (QED) is 0.736. The summed E-state index contributed by atoms with van der Waals surface area (Å²) in [6.07, 6.45) is 4.99. The number of likely N-dealkylation sites (tertiary alicyclic amines) is 1. The summed E-state index contributed by atoms with van der Waals surface area (Å²) >= 11 is 0. The van der Waals surface area contributed by atoms with Crippen molar-refractivity contribution in [3.63, 3.8) is 0 Å². The van der Waals surface area contributed by atoms with Crippen LogP contribution in [-0.2, 0) is 0 Å². The molecule has 4 rings (SSSR count). The minimum absolute atomic E-state index is 0.0712. The van der Waals surface area contributed by atoms with Crippen molar-refractivity contribution in [2.75, 3.05) is 37.4 Å². The molecule has 0 atom stereocenters. The number of aromatic nitrogens is 4. The molecule has 1 aliphatic heterocycles. The van der Waals surface area contributed by atoms with Gasteiger partial charge in [-0.2, -0.15) is 0 Å². The van der Waals surface area contributed by atoms with Crippen molar-refractivity contribution in [3.8, 4) is 0 Å². The fraction of sp³-hybridized carbons (Fsp3) is 0.368. The lowest BCUT2D eigenvalue weighted by atomic mass is 10.0. The van der Waals surface area contributed by atoms with Gasteiger partial charge in [0.25, 0.3) is 5.91 Å². The number of fused-ring (bicyclic) bond motifs is 1. The number of hydrogen-bond acceptors (Lipinski definition) is 6. The standard InChI is InChI=1S/C19H23N7O/c1-25(2)18-10-17(22-12-23-18)24-14-5-7-26(8-6-14)19(27)13-3-4-15-16(9-13)21-11-20-15/h3-4,9-12,14H,5-8H2,1-2H3,(H,20,21)(H,22,23,24). The Kier molecular flexibility index (Phi) is 4.62. The number of piperidine rings is 1. The van der Waals surface area contributed by atoms with Gasteiger partial charge in [0.1, 0.15) is 18.0 Å². The molecular weight excluding hydrogens is 342 g/mol. The molecule has 1 aliphatic rings. The second-order valence-electron chi connectivity index (χ2n) is 7.00. The molecule has 0 aliphatic carbocycles. The molecule has 1 fully saturated rings. The normalized spacial score (nSPS) is 15.1. The van der Waals surface area contributed by atoms with Crippen LogP contribution in [0.4, 0.5) is 11.6 Å². The number of carbonyl (C=O) groups is 1. The van der Waals surface area contributed by atoms with E-state index in [-0.39, 0.29) is 5.91 Å². The summed E-state index contributed by atoms with van der Waals surface area (Å²) in [5.41, 5.74) is 2.46. The third kappa shape index (κ3) is 3.69. The topological polar surface area (TPSA) is 90.0 Å². The average Bonchev–Trinajstić information content (AvgIpc) is 3.16. The van der Waals surface area contributed by atoms with Crippen molar-refractivity contribution in [3.05, 3.63) is 42.5 Å². The van der Waals surface area contributed by atoms with Crippen LogP contribution in [0.15, 0.2) is 36.9 Å². The van der Waals surface area contributed by atoms with Gasteiger partial charge in [0.15, 0.2) is 0 Å². The van der Waals surface area contributed by atoms with Crippen LogP contribution in [0.5, 0.6) is 0 Å². The van der Waals surface area contributed by atoms with Crippen LogP contribution in [0.1, 0.15) is 23.2 Å². The van der Waals surface area contributed by atoms with Crippen LogP contribution >= 0.6 is 0 Å². The molecule has 1 aromatic carbocycles. The number of hydrogen-bond donors (Lipinski definition) is 2. The SMILES string of the molecule is CN(C)c1cc(NC2CCN(C(=O)c3ccc4nc[nH]c4c3)CC2)ncn1. The molecule has 1 amide bonds. The number of benzene rings is 1. The second kappa shape index (κ2) is 7.22. The predicted molar refractivity (Wildman–Crippen MR) is 105 cm³/mol. The average molecular weight is 365 g/mol. The first-order valence-corrected chi connectivity index (χ1v) is 9.08. The van der Waals surface area contributed by atoms with Crippen molar-refractivity contribution >= 4 is 28.6 Å². The number of carbonyl (C=O) groups excluding carboxylic acids is 1. The Morgan fingerprint density at radius 2 is 2.00 bits per heavy atom. The summed E-state index contributed by atoms with van der Waals surface area (Å²) in [6.45, 7) is 1.45. The van der Waals surface area contributed by atoms with E-state index in [0.29, 0.717) is 11.6 Å². The molecule has 0 spiro atoms. The van der Waals surface area contributed by atoms with Gasteiger partial charge >= 0.3 is 0 Å². The molecular formula is C19H23N7O. The first-order valence-electron chi connectivity index (χ1n) is 9.08. The lowest BCUT2D eigenvalue weighted by molar-refractivity contribution is 0.0718. The monoisotopic (exact) mass is 365 g/mol. The summed E-state index contributed by atoms with van der Waals surface area (Å²) in [5, 5.41) is 3.47. The fourth-order valence-electron chi connectivity index (χ4n) is 3.36. The van der Waals surface area contributed by atoms with Crippen LogP contribution < -0.4 is 10.2 Å². The Balaban J connectivity index is 1.37. The molecule has 3 heterocycles. The van der Waals surface area contributed by atoms with Gasteiger partial charge in [-0.1, -0.05) is 0 Å². The third-order valence-corrected chi connectivity index (χ3v) is 4.91. The number of nitrogens with zero attached hydrogens (tertiary/aromatic N) is 5. The zero-order valence-electron chi connectivity index (χ0n) is 15.5. The molecule has 0 bridgehead atoms. The van der Waals surface area contributed by atoms with E-state index in [1.54, 1.807) is 12.7 Å². The lowest BCUT2D eigenvalue weighted by Gasteiger charge is -2.32. The molecule has 8 nitrogen and oxygen atoms in total. The maximum Gasteiger partial charge on any atom is 0.253 e. The molecule has 0 radical (unpaired) electrons. The van der Waals surface area contributed by atoms with E-state index in [2.05, 4.69) is 25.3 Å². The van der Waals surface area contributed by atoms with Crippen LogP contribution in [0, 0.1) is 0 Å². The van der Waals surface area contributed by atoms with Crippen LogP contribution in [-0.4, -0.2) is 64.0 Å². The van der Waals surface area contributed by atoms with E-state index in [0.717, 1.165) is 48.6 Å². The Bertz CT molecular complexity index is 944. The molecule has 2 N–H and O–H groups in total. The summed E-state index contributed by atoms with van der Waals surface area (Å²) in [4.78, 5) is 32.5. The number of nitrogens with one attached hydrogen (secondary N) is 2. The summed E-state index contributed by atoms with van der Waals surface area (Å²) in [5.74, 6) is 1.76. The minimum Gasteiger partial charge on any atom is -0.367 e. The zero-order valence-corrected chi connectivity index (χ0v) is 15.5. The van der Waals surface area contributed by atoms with Crippen molar-refractivity contribution < 1.29 is 4.79 Å². The smallest absolute Gasteiger partial charge is 0.253 e. The predicted octanol–water partition coefficient (Wildman–Crippen LogP) is 2.14. The molecule has 27 heavy (non-hydrogen) atoms. The van der Waals surface area contributed by atoms with E-state index in [9.17, 15) is 4.79 Å². The first kappa shape index (κ1) is 17.3. The number of anilines is 2. The van der Waals surface area contributed by atoms with Crippen molar-refractivity contribution in [1.29, 1.82) is 0 Å². The number of imidazole rings is 1. The van der Waals surface area contributed by atoms with Crippen LogP contribution in [0.25, 0.3) is 11.0 Å². The lowest BCUT2D eigenvalue weighted by Crippen LogP contribution is -2.42. The van der Waals surface area contributed by atoms with Gasteiger partial charge in [-0.05, 0) is 31.0 Å². The van der Waals surface area contributed by atoms with Gasteiger partial charge in [-0.15, -0.1) is 0 Å². The molecule has 1 saturated heterocycles. The van der Waals surface area contributed by atoms with E-state index in [4.69, 9.17) is 0 Å². The Hall–Kier alpha value is -3.16. The van der Waals surface area contributed by atoms with Gasteiger partial charge in [0, 0.05) is 44.9 Å². The van der Waals surface area contributed by atoms with Gasteiger partial charge in [-0.3, -0.25) is 4.79 Å². The highest BCUT2D eigenvalue weighted by atomic mass is 16.2. The molecule has 8 heteroatoms. The highest BCUT2D eigenvalue weighted by molar-refractivity contribution is 5.97. The summed E-state index contributed by atoms with van der Waals surface area (Å²) in [7, 11) is 3.91. The first-order chi connectivity index (χ1) is 13.1. The number of rotatable bonds is 4. The van der Waals surface area contributed by atoms with Gasteiger partial charge in [-0.25, -0.2) is 15.0 Å². The highest BCUT2D eigenvalue weighted by Crippen LogP contribution is 2.20. The van der Waals surface area contributed by atoms with E-state index >= 15 is 0 Å². The summed E-state index contributed by atoms with van der Waals surface area (Å²) < 4.78 is 0. The number of aromatic amines is 1. The fourth-order valence-corrected chi connectivity index (χ4v) is 3.36. The number of H-pyrrole nitrogens is 1. The third-order valence-electron chi connectivity index (χ3n) is 4.91. The zero-order chi connectivity index (χ0) is 18.8. The van der Waals surface area contributed by atoms with Crippen LogP contribution in [0.2, 0.25) is 0 Å². The number of amides is 1. The Morgan fingerprint density at radius 3 is 2.78 bits per heavy atom. The Labute approximate surface area is 157 Å². The molecule has 0 saturated carbocycles. The molecule has 2 aromatic heterocycles. The largest absolute Gasteiger partial charge is 0.367 e. The van der Waals surface area contributed by atoms with E-state index in [1.165, 1.54) is 0 Å². The van der Waals surface area contributed by atoms with Gasteiger partial charge in [0.05, 0.1) is 17.4 Å². The van der Waals surface area contributed by atoms with Crippen molar-refractivity contribution in [2.45, 2.75) is 18.9 Å². The maximum atomic E-state index is 12.8. The Morgan fingerprint density at radius 1 is 1.19 bits per heavy atom.